The number of pyridine rings is 1. The highest BCUT2D eigenvalue weighted by atomic mass is 32.2. The molecule has 3 rings (SSSR count). The summed E-state index contributed by atoms with van der Waals surface area (Å²) in [6.45, 7) is 9.03. The molecular weight excluding hydrogens is 388 g/mol. The maximum Gasteiger partial charge on any atom is 0.189 e. The Morgan fingerprint density at radius 3 is 2.50 bits per heavy atom. The van der Waals surface area contributed by atoms with Crippen LogP contribution in [0.4, 0.5) is 0 Å². The normalized spacial score (nSPS) is 11.4. The number of aryl methyl sites for hydroxylation is 1. The Balaban J connectivity index is 2.15. The topological polar surface area (TPSA) is 56.0 Å². The van der Waals surface area contributed by atoms with Crippen LogP contribution in [0.15, 0.2) is 42.5 Å². The van der Waals surface area contributed by atoms with Crippen LogP contribution in [0.2, 0.25) is 0 Å². The van der Waals surface area contributed by atoms with Crippen LogP contribution in [-0.4, -0.2) is 10.1 Å². The molecule has 0 atom stereocenters. The van der Waals surface area contributed by atoms with Crippen LogP contribution in [-0.2, 0) is 23.5 Å². The predicted octanol–water partition coefficient (Wildman–Crippen LogP) is 6.43. The summed E-state index contributed by atoms with van der Waals surface area (Å²) in [4.78, 5) is 17.0. The number of nitrogens with zero attached hydrogens (tertiary/aromatic N) is 1. The minimum absolute atomic E-state index is 0.254. The number of hydrogen-bond acceptors (Lipinski definition) is 4. The zero-order chi connectivity index (χ0) is 21.7. The fourth-order valence-corrected chi connectivity index (χ4v) is 4.61. The molecule has 4 heteroatoms. The number of thioether (sulfide) groups is 1. The van der Waals surface area contributed by atoms with E-state index in [2.05, 4.69) is 63.2 Å². The van der Waals surface area contributed by atoms with Gasteiger partial charge in [-0.3, -0.25) is 9.78 Å². The van der Waals surface area contributed by atoms with E-state index in [4.69, 9.17) is 10.7 Å². The number of carbonyl (C=O) groups excluding carboxylic acids is 1. The van der Waals surface area contributed by atoms with Crippen molar-refractivity contribution in [2.45, 2.75) is 59.3 Å². The van der Waals surface area contributed by atoms with E-state index in [9.17, 15) is 4.79 Å². The second-order valence-electron chi connectivity index (χ2n) is 8.34. The number of rotatable bonds is 8. The zero-order valence-electron chi connectivity index (χ0n) is 18.5. The molecule has 0 spiro atoms. The summed E-state index contributed by atoms with van der Waals surface area (Å²) in [7, 11) is 0. The van der Waals surface area contributed by atoms with Gasteiger partial charge in [0.05, 0.1) is 5.52 Å². The second-order valence-corrected chi connectivity index (χ2v) is 9.38. The first-order valence-corrected chi connectivity index (χ1v) is 11.8. The lowest BCUT2D eigenvalue weighted by molar-refractivity contribution is -0.111. The van der Waals surface area contributed by atoms with Crippen molar-refractivity contribution in [1.82, 2.24) is 4.98 Å². The SMILES string of the molecule is CCCC(=O)SCc1ccc2nc(CC(C)C)c(CN)c(-c3ccc(C)cc3)c2c1. The van der Waals surface area contributed by atoms with Gasteiger partial charge in [-0.1, -0.05) is 68.4 Å². The second kappa shape index (κ2) is 10.2. The van der Waals surface area contributed by atoms with Gasteiger partial charge in [0.25, 0.3) is 0 Å². The molecular formula is C26H32N2OS. The average molecular weight is 421 g/mol. The Bertz CT molecular complexity index is 1030. The van der Waals surface area contributed by atoms with Crippen molar-refractivity contribution in [2.24, 2.45) is 11.7 Å². The van der Waals surface area contributed by atoms with E-state index in [1.165, 1.54) is 28.5 Å². The van der Waals surface area contributed by atoms with Crippen molar-refractivity contribution in [2.75, 3.05) is 0 Å². The van der Waals surface area contributed by atoms with Crippen LogP contribution in [0.25, 0.3) is 22.0 Å². The smallest absolute Gasteiger partial charge is 0.189 e. The molecule has 3 nitrogen and oxygen atoms in total. The fraction of sp³-hybridized carbons (Fsp3) is 0.385. The van der Waals surface area contributed by atoms with Gasteiger partial charge < -0.3 is 5.73 Å². The summed E-state index contributed by atoms with van der Waals surface area (Å²) < 4.78 is 0. The van der Waals surface area contributed by atoms with E-state index in [-0.39, 0.29) is 5.12 Å². The van der Waals surface area contributed by atoms with Crippen molar-refractivity contribution in [3.05, 3.63) is 64.8 Å². The predicted molar refractivity (Wildman–Crippen MR) is 130 cm³/mol. The van der Waals surface area contributed by atoms with Gasteiger partial charge in [0.15, 0.2) is 5.12 Å². The Kier molecular flexibility index (Phi) is 7.68. The van der Waals surface area contributed by atoms with Gasteiger partial charge in [-0.05, 0) is 60.1 Å². The lowest BCUT2D eigenvalue weighted by atomic mass is 9.90. The highest BCUT2D eigenvalue weighted by Gasteiger charge is 2.17. The zero-order valence-corrected chi connectivity index (χ0v) is 19.3. The van der Waals surface area contributed by atoms with Gasteiger partial charge in [0, 0.05) is 29.8 Å². The van der Waals surface area contributed by atoms with E-state index < -0.39 is 0 Å². The highest BCUT2D eigenvalue weighted by Crippen LogP contribution is 2.35. The quantitative estimate of drug-likeness (QED) is 0.456. The van der Waals surface area contributed by atoms with Crippen LogP contribution in [0.5, 0.6) is 0 Å². The molecule has 0 aliphatic heterocycles. The van der Waals surface area contributed by atoms with Crippen LogP contribution in [0, 0.1) is 12.8 Å². The minimum atomic E-state index is 0.254. The van der Waals surface area contributed by atoms with Crippen LogP contribution >= 0.6 is 11.8 Å². The molecule has 30 heavy (non-hydrogen) atoms. The van der Waals surface area contributed by atoms with Crippen molar-refractivity contribution >= 4 is 27.8 Å². The van der Waals surface area contributed by atoms with Crippen molar-refractivity contribution < 1.29 is 4.79 Å². The molecule has 0 bridgehead atoms. The van der Waals surface area contributed by atoms with Crippen LogP contribution < -0.4 is 5.73 Å². The molecule has 2 N–H and O–H groups in total. The number of aromatic nitrogens is 1. The van der Waals surface area contributed by atoms with Crippen LogP contribution in [0.1, 0.15) is 56.0 Å². The summed E-state index contributed by atoms with van der Waals surface area (Å²) in [5.74, 6) is 1.19. The van der Waals surface area contributed by atoms with E-state index in [0.717, 1.165) is 40.6 Å². The Morgan fingerprint density at radius 2 is 1.87 bits per heavy atom. The Hall–Kier alpha value is -2.17. The number of nitrogens with two attached hydrogens (primary N) is 1. The molecule has 0 fully saturated rings. The first kappa shape index (κ1) is 22.5. The molecule has 3 aromatic rings. The minimum Gasteiger partial charge on any atom is -0.326 e. The lowest BCUT2D eigenvalue weighted by Gasteiger charge is -2.18. The molecule has 0 radical (unpaired) electrons. The van der Waals surface area contributed by atoms with Crippen molar-refractivity contribution in [3.63, 3.8) is 0 Å². The van der Waals surface area contributed by atoms with E-state index in [1.807, 2.05) is 6.92 Å². The van der Waals surface area contributed by atoms with Gasteiger partial charge in [-0.25, -0.2) is 0 Å². The summed E-state index contributed by atoms with van der Waals surface area (Å²) >= 11 is 1.40. The van der Waals surface area contributed by atoms with E-state index in [0.29, 0.717) is 24.6 Å². The molecule has 0 saturated heterocycles. The first-order valence-electron chi connectivity index (χ1n) is 10.8. The van der Waals surface area contributed by atoms with Crippen molar-refractivity contribution in [3.8, 4) is 11.1 Å². The first-order chi connectivity index (χ1) is 14.4. The monoisotopic (exact) mass is 420 g/mol. The summed E-state index contributed by atoms with van der Waals surface area (Å²) in [5.41, 5.74) is 14.2. The van der Waals surface area contributed by atoms with Gasteiger partial charge in [0.1, 0.15) is 0 Å². The number of carbonyl (C=O) groups is 1. The summed E-state index contributed by atoms with van der Waals surface area (Å²) in [6.07, 6.45) is 2.43. The number of benzene rings is 2. The number of fused-ring (bicyclic) bond motifs is 1. The lowest BCUT2D eigenvalue weighted by Crippen LogP contribution is -2.10. The molecule has 0 aliphatic rings. The molecule has 0 amide bonds. The maximum absolute atomic E-state index is 12.0. The van der Waals surface area contributed by atoms with Crippen molar-refractivity contribution in [1.29, 1.82) is 0 Å². The molecule has 2 aromatic carbocycles. The molecule has 0 saturated carbocycles. The number of hydrogen-bond donors (Lipinski definition) is 1. The Labute approximate surface area is 184 Å². The van der Waals surface area contributed by atoms with Gasteiger partial charge in [-0.2, -0.15) is 0 Å². The van der Waals surface area contributed by atoms with Gasteiger partial charge in [-0.15, -0.1) is 0 Å². The molecule has 1 heterocycles. The van der Waals surface area contributed by atoms with E-state index in [1.54, 1.807) is 0 Å². The largest absolute Gasteiger partial charge is 0.326 e. The van der Waals surface area contributed by atoms with E-state index >= 15 is 0 Å². The fourth-order valence-electron chi connectivity index (χ4n) is 3.76. The molecule has 0 aliphatic carbocycles. The average Bonchev–Trinajstić information content (AvgIpc) is 2.72. The third kappa shape index (κ3) is 5.30. The Morgan fingerprint density at radius 1 is 1.13 bits per heavy atom. The third-order valence-electron chi connectivity index (χ3n) is 5.24. The molecule has 158 valence electrons. The van der Waals surface area contributed by atoms with Gasteiger partial charge >= 0.3 is 0 Å². The molecule has 0 unspecified atom stereocenters. The highest BCUT2D eigenvalue weighted by molar-refractivity contribution is 8.12. The standard InChI is InChI=1S/C26H32N2OS/c1-5-6-25(29)30-16-19-9-12-23-21(14-19)26(20-10-7-18(4)8-11-20)22(15-27)24(28-23)13-17(2)3/h7-12,14,17H,5-6,13,15-16,27H2,1-4H3. The summed E-state index contributed by atoms with van der Waals surface area (Å²) in [5, 5.41) is 1.37. The third-order valence-corrected chi connectivity index (χ3v) is 6.24. The van der Waals surface area contributed by atoms with Gasteiger partial charge in [0.2, 0.25) is 0 Å². The van der Waals surface area contributed by atoms with Crippen LogP contribution in [0.3, 0.4) is 0 Å². The summed E-state index contributed by atoms with van der Waals surface area (Å²) in [6, 6.07) is 15.0. The molecule has 1 aromatic heterocycles. The maximum atomic E-state index is 12.0.